The van der Waals surface area contributed by atoms with Gasteiger partial charge in [-0.2, -0.15) is 0 Å². The van der Waals surface area contributed by atoms with Crippen LogP contribution in [0, 0.1) is 11.3 Å². The molecule has 2 aliphatic rings. The van der Waals surface area contributed by atoms with E-state index in [1.165, 1.54) is 74.8 Å². The second-order valence-corrected chi connectivity index (χ2v) is 9.04. The maximum absolute atomic E-state index is 3.39. The third kappa shape index (κ3) is 4.39. The SMILES string of the molecule is CNc1ccc(CN2CCC3(CCCCC3)CC2)cc1C(C)C(C)C. The van der Waals surface area contributed by atoms with Gasteiger partial charge in [0.2, 0.25) is 0 Å². The molecule has 1 atom stereocenters. The zero-order chi connectivity index (χ0) is 17.9. The van der Waals surface area contributed by atoms with Crippen LogP contribution < -0.4 is 5.32 Å². The molecule has 140 valence electrons. The van der Waals surface area contributed by atoms with E-state index in [1.54, 1.807) is 0 Å². The fraction of sp³-hybridized carbons (Fsp3) is 0.739. The topological polar surface area (TPSA) is 15.3 Å². The number of hydrogen-bond acceptors (Lipinski definition) is 2. The van der Waals surface area contributed by atoms with Crippen molar-refractivity contribution in [3.8, 4) is 0 Å². The van der Waals surface area contributed by atoms with Gasteiger partial charge in [-0.1, -0.05) is 52.2 Å². The smallest absolute Gasteiger partial charge is 0.0373 e. The van der Waals surface area contributed by atoms with E-state index in [0.29, 0.717) is 17.3 Å². The molecule has 2 nitrogen and oxygen atoms in total. The predicted octanol–water partition coefficient (Wildman–Crippen LogP) is 6.03. The quantitative estimate of drug-likeness (QED) is 0.702. The van der Waals surface area contributed by atoms with Crippen molar-refractivity contribution in [2.45, 2.75) is 78.2 Å². The molecular weight excluding hydrogens is 304 g/mol. The van der Waals surface area contributed by atoms with E-state index in [9.17, 15) is 0 Å². The Bertz CT molecular complexity index is 547. The fourth-order valence-corrected chi connectivity index (χ4v) is 4.92. The summed E-state index contributed by atoms with van der Waals surface area (Å²) in [6.45, 7) is 10.7. The number of rotatable bonds is 5. The molecule has 1 aliphatic heterocycles. The first-order valence-corrected chi connectivity index (χ1v) is 10.6. The third-order valence-corrected chi connectivity index (χ3v) is 7.11. The molecule has 1 saturated heterocycles. The first-order chi connectivity index (χ1) is 12.0. The summed E-state index contributed by atoms with van der Waals surface area (Å²) < 4.78 is 0. The van der Waals surface area contributed by atoms with Gasteiger partial charge in [-0.3, -0.25) is 4.90 Å². The summed E-state index contributed by atoms with van der Waals surface area (Å²) in [5.41, 5.74) is 4.98. The van der Waals surface area contributed by atoms with Crippen LogP contribution in [0.5, 0.6) is 0 Å². The number of nitrogens with zero attached hydrogens (tertiary/aromatic N) is 1. The molecule has 3 rings (SSSR count). The summed E-state index contributed by atoms with van der Waals surface area (Å²) in [4.78, 5) is 2.69. The molecule has 0 bridgehead atoms. The summed E-state index contributed by atoms with van der Waals surface area (Å²) in [5.74, 6) is 1.26. The summed E-state index contributed by atoms with van der Waals surface area (Å²) in [6.07, 6.45) is 10.3. The van der Waals surface area contributed by atoms with Gasteiger partial charge in [-0.05, 0) is 73.2 Å². The summed E-state index contributed by atoms with van der Waals surface area (Å²) in [7, 11) is 2.04. The van der Waals surface area contributed by atoms with E-state index in [0.717, 1.165) is 6.54 Å². The molecule has 2 heteroatoms. The van der Waals surface area contributed by atoms with Crippen LogP contribution in [0.25, 0.3) is 0 Å². The molecule has 0 radical (unpaired) electrons. The highest BCUT2D eigenvalue weighted by atomic mass is 15.1. The molecule has 1 heterocycles. The average molecular weight is 343 g/mol. The molecule has 1 unspecified atom stereocenters. The maximum atomic E-state index is 3.39. The van der Waals surface area contributed by atoms with Crippen LogP contribution in [0.4, 0.5) is 5.69 Å². The average Bonchev–Trinajstić information content (AvgIpc) is 2.64. The van der Waals surface area contributed by atoms with E-state index in [-0.39, 0.29) is 0 Å². The van der Waals surface area contributed by atoms with Crippen molar-refractivity contribution < 1.29 is 0 Å². The number of benzene rings is 1. The second kappa shape index (κ2) is 8.12. The molecule has 1 N–H and O–H groups in total. The monoisotopic (exact) mass is 342 g/mol. The summed E-state index contributed by atoms with van der Waals surface area (Å²) in [5, 5.41) is 3.39. The van der Waals surface area contributed by atoms with Crippen LogP contribution in [0.3, 0.4) is 0 Å². The Kier molecular flexibility index (Phi) is 6.09. The fourth-order valence-electron chi connectivity index (χ4n) is 4.92. The molecule has 1 aromatic carbocycles. The zero-order valence-electron chi connectivity index (χ0n) is 16.9. The van der Waals surface area contributed by atoms with E-state index < -0.39 is 0 Å². The first kappa shape index (κ1) is 18.8. The van der Waals surface area contributed by atoms with Gasteiger partial charge in [-0.15, -0.1) is 0 Å². The van der Waals surface area contributed by atoms with Gasteiger partial charge in [0.15, 0.2) is 0 Å². The van der Waals surface area contributed by atoms with Gasteiger partial charge in [0, 0.05) is 19.3 Å². The van der Waals surface area contributed by atoms with Crippen molar-refractivity contribution in [2.24, 2.45) is 11.3 Å². The van der Waals surface area contributed by atoms with E-state index >= 15 is 0 Å². The Labute approximate surface area is 155 Å². The second-order valence-electron chi connectivity index (χ2n) is 9.04. The lowest BCUT2D eigenvalue weighted by atomic mass is 9.68. The van der Waals surface area contributed by atoms with Gasteiger partial charge in [0.25, 0.3) is 0 Å². The Morgan fingerprint density at radius 2 is 1.68 bits per heavy atom. The van der Waals surface area contributed by atoms with Gasteiger partial charge in [0.05, 0.1) is 0 Å². The Morgan fingerprint density at radius 1 is 1.00 bits per heavy atom. The maximum Gasteiger partial charge on any atom is 0.0373 e. The Morgan fingerprint density at radius 3 is 2.28 bits per heavy atom. The highest BCUT2D eigenvalue weighted by Gasteiger charge is 2.35. The van der Waals surface area contributed by atoms with E-state index in [4.69, 9.17) is 0 Å². The van der Waals surface area contributed by atoms with E-state index in [2.05, 4.69) is 49.2 Å². The molecule has 0 amide bonds. The van der Waals surface area contributed by atoms with Gasteiger partial charge in [-0.25, -0.2) is 0 Å². The van der Waals surface area contributed by atoms with E-state index in [1.807, 2.05) is 7.05 Å². The molecule has 1 aromatic rings. The first-order valence-electron chi connectivity index (χ1n) is 10.6. The van der Waals surface area contributed by atoms with Gasteiger partial charge < -0.3 is 5.32 Å². The number of likely N-dealkylation sites (tertiary alicyclic amines) is 1. The molecule has 0 aromatic heterocycles. The molecular formula is C23H38N2. The van der Waals surface area contributed by atoms with Crippen molar-refractivity contribution in [1.82, 2.24) is 4.90 Å². The normalized spacial score (nSPS) is 22.3. The summed E-state index contributed by atoms with van der Waals surface area (Å²) in [6, 6.07) is 7.07. The highest BCUT2D eigenvalue weighted by molar-refractivity contribution is 5.54. The predicted molar refractivity (Wildman–Crippen MR) is 109 cm³/mol. The summed E-state index contributed by atoms with van der Waals surface area (Å²) >= 11 is 0. The zero-order valence-corrected chi connectivity index (χ0v) is 16.9. The minimum absolute atomic E-state index is 0.592. The van der Waals surface area contributed by atoms with Crippen LogP contribution in [0.15, 0.2) is 18.2 Å². The van der Waals surface area contributed by atoms with Crippen molar-refractivity contribution in [2.75, 3.05) is 25.5 Å². The van der Waals surface area contributed by atoms with Crippen molar-refractivity contribution >= 4 is 5.69 Å². The van der Waals surface area contributed by atoms with Crippen LogP contribution in [-0.2, 0) is 6.54 Å². The molecule has 1 saturated carbocycles. The number of anilines is 1. The standard InChI is InChI=1S/C23H38N2/c1-18(2)19(3)21-16-20(8-9-22(21)24-4)17-25-14-12-23(13-15-25)10-6-5-7-11-23/h8-9,16,18-19,24H,5-7,10-15,17H2,1-4H3. The number of nitrogens with one attached hydrogen (secondary N) is 1. The minimum Gasteiger partial charge on any atom is -0.388 e. The largest absolute Gasteiger partial charge is 0.388 e. The molecule has 25 heavy (non-hydrogen) atoms. The molecule has 1 aliphatic carbocycles. The van der Waals surface area contributed by atoms with Gasteiger partial charge in [0.1, 0.15) is 0 Å². The highest BCUT2D eigenvalue weighted by Crippen LogP contribution is 2.44. The molecule has 2 fully saturated rings. The third-order valence-electron chi connectivity index (χ3n) is 7.11. The van der Waals surface area contributed by atoms with Crippen molar-refractivity contribution in [3.63, 3.8) is 0 Å². The van der Waals surface area contributed by atoms with Crippen LogP contribution in [0.2, 0.25) is 0 Å². The Balaban J connectivity index is 1.64. The number of hydrogen-bond donors (Lipinski definition) is 1. The van der Waals surface area contributed by atoms with Crippen LogP contribution in [0.1, 0.15) is 82.8 Å². The minimum atomic E-state index is 0.592. The lowest BCUT2D eigenvalue weighted by molar-refractivity contribution is 0.0641. The van der Waals surface area contributed by atoms with Crippen LogP contribution in [-0.4, -0.2) is 25.0 Å². The van der Waals surface area contributed by atoms with Crippen molar-refractivity contribution in [1.29, 1.82) is 0 Å². The lowest BCUT2D eigenvalue weighted by Gasteiger charge is -2.44. The Hall–Kier alpha value is -1.02. The van der Waals surface area contributed by atoms with Gasteiger partial charge >= 0.3 is 0 Å². The number of piperidine rings is 1. The lowest BCUT2D eigenvalue weighted by Crippen LogP contribution is -2.40. The van der Waals surface area contributed by atoms with Crippen molar-refractivity contribution in [3.05, 3.63) is 29.3 Å². The van der Waals surface area contributed by atoms with Crippen LogP contribution >= 0.6 is 0 Å². The molecule has 1 spiro atoms.